The summed E-state index contributed by atoms with van der Waals surface area (Å²) in [7, 11) is 0. The molecule has 0 amide bonds. The molecular formula is C23H15ClN2O2. The van der Waals surface area contributed by atoms with E-state index in [9.17, 15) is 9.59 Å². The van der Waals surface area contributed by atoms with Gasteiger partial charge in [0.2, 0.25) is 5.78 Å². The van der Waals surface area contributed by atoms with Crippen molar-refractivity contribution in [3.05, 3.63) is 119 Å². The van der Waals surface area contributed by atoms with Crippen LogP contribution in [0.15, 0.2) is 91.1 Å². The summed E-state index contributed by atoms with van der Waals surface area (Å²) in [6.45, 7) is 0. The van der Waals surface area contributed by atoms with Crippen LogP contribution in [0.3, 0.4) is 0 Å². The Labute approximate surface area is 167 Å². The number of aromatic nitrogens is 2. The molecule has 0 saturated carbocycles. The lowest BCUT2D eigenvalue weighted by molar-refractivity contribution is 0.100. The van der Waals surface area contributed by atoms with E-state index in [0.717, 1.165) is 0 Å². The monoisotopic (exact) mass is 386 g/mol. The fourth-order valence-corrected chi connectivity index (χ4v) is 3.03. The second-order valence-electron chi connectivity index (χ2n) is 6.20. The van der Waals surface area contributed by atoms with Crippen molar-refractivity contribution in [2.75, 3.05) is 0 Å². The van der Waals surface area contributed by atoms with Gasteiger partial charge in [0.05, 0.1) is 11.3 Å². The van der Waals surface area contributed by atoms with E-state index in [1.165, 1.54) is 4.68 Å². The highest BCUT2D eigenvalue weighted by molar-refractivity contribution is 6.30. The first-order valence-electron chi connectivity index (χ1n) is 8.68. The molecule has 5 heteroatoms. The first-order chi connectivity index (χ1) is 13.6. The second-order valence-corrected chi connectivity index (χ2v) is 6.64. The third-order valence-electron chi connectivity index (χ3n) is 4.34. The van der Waals surface area contributed by atoms with Crippen molar-refractivity contribution in [1.29, 1.82) is 0 Å². The van der Waals surface area contributed by atoms with Gasteiger partial charge >= 0.3 is 0 Å². The number of rotatable bonds is 5. The van der Waals surface area contributed by atoms with Crippen LogP contribution in [0.5, 0.6) is 0 Å². The lowest BCUT2D eigenvalue weighted by atomic mass is 9.99. The van der Waals surface area contributed by atoms with Crippen LogP contribution < -0.4 is 0 Å². The van der Waals surface area contributed by atoms with E-state index in [2.05, 4.69) is 5.10 Å². The van der Waals surface area contributed by atoms with E-state index < -0.39 is 0 Å². The predicted octanol–water partition coefficient (Wildman–Crippen LogP) is 4.99. The number of hydrogen-bond donors (Lipinski definition) is 0. The van der Waals surface area contributed by atoms with Gasteiger partial charge in [-0.2, -0.15) is 5.10 Å². The molecular weight excluding hydrogens is 372 g/mol. The number of nitrogens with zero attached hydrogens (tertiary/aromatic N) is 2. The summed E-state index contributed by atoms with van der Waals surface area (Å²) < 4.78 is 1.53. The molecule has 4 nitrogen and oxygen atoms in total. The summed E-state index contributed by atoms with van der Waals surface area (Å²) in [6, 6.07) is 24.7. The van der Waals surface area contributed by atoms with Gasteiger partial charge in [0, 0.05) is 22.3 Å². The lowest BCUT2D eigenvalue weighted by Gasteiger charge is -2.02. The van der Waals surface area contributed by atoms with Gasteiger partial charge in [0.25, 0.3) is 0 Å². The molecule has 4 aromatic rings. The molecule has 0 bridgehead atoms. The van der Waals surface area contributed by atoms with Crippen molar-refractivity contribution in [2.24, 2.45) is 0 Å². The largest absolute Gasteiger partial charge is 0.288 e. The molecule has 0 aliphatic heterocycles. The van der Waals surface area contributed by atoms with Crippen LogP contribution in [-0.4, -0.2) is 21.3 Å². The Hall–Kier alpha value is -3.50. The van der Waals surface area contributed by atoms with E-state index in [0.29, 0.717) is 21.8 Å². The van der Waals surface area contributed by atoms with Gasteiger partial charge < -0.3 is 0 Å². The normalized spacial score (nSPS) is 10.6. The van der Waals surface area contributed by atoms with Crippen LogP contribution in [-0.2, 0) is 0 Å². The average Bonchev–Trinajstić information content (AvgIpc) is 3.20. The molecule has 0 fully saturated rings. The van der Waals surface area contributed by atoms with Gasteiger partial charge in [-0.1, -0.05) is 72.3 Å². The van der Waals surface area contributed by atoms with E-state index in [4.69, 9.17) is 11.6 Å². The molecule has 0 aliphatic rings. The molecule has 0 N–H and O–H groups in total. The van der Waals surface area contributed by atoms with Gasteiger partial charge in [0.15, 0.2) is 5.78 Å². The Balaban J connectivity index is 1.84. The zero-order chi connectivity index (χ0) is 19.5. The fraction of sp³-hybridized carbons (Fsp3) is 0. The quantitative estimate of drug-likeness (QED) is 0.454. The molecule has 0 spiro atoms. The Kier molecular flexibility index (Phi) is 4.87. The van der Waals surface area contributed by atoms with Crippen LogP contribution >= 0.6 is 11.6 Å². The molecule has 0 unspecified atom stereocenters. The topological polar surface area (TPSA) is 52.0 Å². The number of halogens is 1. The Morgan fingerprint density at radius 2 is 1.25 bits per heavy atom. The number of carbonyl (C=O) groups excluding carboxylic acids is 2. The van der Waals surface area contributed by atoms with Crippen LogP contribution in [0, 0.1) is 0 Å². The van der Waals surface area contributed by atoms with Crippen LogP contribution in [0.2, 0.25) is 5.02 Å². The minimum absolute atomic E-state index is 0.120. The van der Waals surface area contributed by atoms with Crippen LogP contribution in [0.4, 0.5) is 0 Å². The first-order valence-corrected chi connectivity index (χ1v) is 9.06. The highest BCUT2D eigenvalue weighted by atomic mass is 35.5. The molecule has 28 heavy (non-hydrogen) atoms. The summed E-state index contributed by atoms with van der Waals surface area (Å²) in [5, 5.41) is 5.03. The molecule has 3 aromatic carbocycles. The molecule has 1 aromatic heterocycles. The summed E-state index contributed by atoms with van der Waals surface area (Å²) >= 11 is 5.96. The van der Waals surface area contributed by atoms with Crippen molar-refractivity contribution < 1.29 is 9.59 Å². The predicted molar refractivity (Wildman–Crippen MR) is 108 cm³/mol. The second kappa shape index (κ2) is 7.62. The van der Waals surface area contributed by atoms with Gasteiger partial charge in [0.1, 0.15) is 5.69 Å². The number of ketones is 2. The minimum atomic E-state index is -0.299. The Morgan fingerprint density at radius 3 is 1.82 bits per heavy atom. The van der Waals surface area contributed by atoms with Crippen molar-refractivity contribution in [3.63, 3.8) is 0 Å². The van der Waals surface area contributed by atoms with Gasteiger partial charge in [-0.25, -0.2) is 4.68 Å². The average molecular weight is 387 g/mol. The van der Waals surface area contributed by atoms with E-state index in [1.807, 2.05) is 12.1 Å². The third kappa shape index (κ3) is 3.50. The summed E-state index contributed by atoms with van der Waals surface area (Å²) in [4.78, 5) is 26.1. The zero-order valence-corrected chi connectivity index (χ0v) is 15.5. The van der Waals surface area contributed by atoms with Crippen molar-refractivity contribution in [1.82, 2.24) is 9.78 Å². The molecule has 1 heterocycles. The molecule has 4 rings (SSSR count). The van der Waals surface area contributed by atoms with Gasteiger partial charge in [-0.05, 0) is 24.3 Å². The van der Waals surface area contributed by atoms with Crippen molar-refractivity contribution in [3.8, 4) is 5.69 Å². The molecule has 0 atom stereocenters. The first kappa shape index (κ1) is 17.9. The zero-order valence-electron chi connectivity index (χ0n) is 14.7. The third-order valence-corrected chi connectivity index (χ3v) is 4.59. The summed E-state index contributed by atoms with van der Waals surface area (Å²) in [5.74, 6) is -0.548. The minimum Gasteiger partial charge on any atom is -0.288 e. The highest BCUT2D eigenvalue weighted by Gasteiger charge is 2.24. The van der Waals surface area contributed by atoms with E-state index >= 15 is 0 Å². The number of hydrogen-bond acceptors (Lipinski definition) is 3. The Morgan fingerprint density at radius 1 is 0.714 bits per heavy atom. The van der Waals surface area contributed by atoms with Gasteiger partial charge in [-0.3, -0.25) is 9.59 Å². The van der Waals surface area contributed by atoms with Crippen LogP contribution in [0.25, 0.3) is 5.69 Å². The smallest absolute Gasteiger partial charge is 0.214 e. The van der Waals surface area contributed by atoms with E-state index in [1.54, 1.807) is 79.0 Å². The van der Waals surface area contributed by atoms with Crippen LogP contribution in [0.1, 0.15) is 32.0 Å². The Bertz CT molecular complexity index is 1070. The maximum absolute atomic E-state index is 13.1. The number of benzene rings is 3. The SMILES string of the molecule is O=C(c1ccccc1)c1cn(-c2ccc(Cl)cc2)nc1C(=O)c1ccccc1. The maximum Gasteiger partial charge on any atom is 0.214 e. The maximum atomic E-state index is 13.1. The summed E-state index contributed by atoms with van der Waals surface area (Å²) in [6.07, 6.45) is 1.59. The molecule has 136 valence electrons. The fourth-order valence-electron chi connectivity index (χ4n) is 2.91. The van der Waals surface area contributed by atoms with Crippen molar-refractivity contribution in [2.45, 2.75) is 0 Å². The summed E-state index contributed by atoms with van der Waals surface area (Å²) in [5.41, 5.74) is 2.06. The lowest BCUT2D eigenvalue weighted by Crippen LogP contribution is -2.10. The standard InChI is InChI=1S/C23H15ClN2O2/c24-18-11-13-19(14-12-18)26-15-20(22(27)16-7-3-1-4-8-16)21(25-26)23(28)17-9-5-2-6-10-17/h1-15H. The highest BCUT2D eigenvalue weighted by Crippen LogP contribution is 2.21. The van der Waals surface area contributed by atoms with Crippen molar-refractivity contribution >= 4 is 23.2 Å². The molecule has 0 radical (unpaired) electrons. The van der Waals surface area contributed by atoms with E-state index in [-0.39, 0.29) is 22.8 Å². The van der Waals surface area contributed by atoms with Gasteiger partial charge in [-0.15, -0.1) is 0 Å². The number of carbonyl (C=O) groups is 2. The molecule has 0 saturated heterocycles. The molecule has 0 aliphatic carbocycles.